The van der Waals surface area contributed by atoms with Crippen molar-refractivity contribution in [3.63, 3.8) is 0 Å². The Labute approximate surface area is 808 Å². The van der Waals surface area contributed by atoms with E-state index in [-0.39, 0.29) is 68.8 Å². The first-order valence-corrected chi connectivity index (χ1v) is 41.7. The van der Waals surface area contributed by atoms with Crippen LogP contribution in [0.25, 0.3) is 77.4 Å². The Morgan fingerprint density at radius 3 is 0.874 bits per heavy atom. The van der Waals surface area contributed by atoms with Gasteiger partial charge in [0.25, 0.3) is 23.6 Å². The molecule has 0 fully saturated rings. The van der Waals surface area contributed by atoms with Crippen LogP contribution >= 0.6 is 69.0 Å². The van der Waals surface area contributed by atoms with E-state index in [0.29, 0.717) is 147 Å². The molecule has 0 saturated carbocycles. The Morgan fingerprint density at radius 2 is 0.600 bits per heavy atom. The Bertz CT molecular complexity index is 6970. The molecule has 0 spiro atoms. The highest BCUT2D eigenvalue weighted by Gasteiger charge is 2.29. The summed E-state index contributed by atoms with van der Waals surface area (Å²) in [4.78, 5) is 134. The van der Waals surface area contributed by atoms with Gasteiger partial charge in [-0.05, 0) is 217 Å². The number of fused-ring (bicyclic) bond motifs is 4. The van der Waals surface area contributed by atoms with Gasteiger partial charge in [0, 0.05) is 50.3 Å². The number of methoxy groups -OCH3 is 4. The van der Waals surface area contributed by atoms with Gasteiger partial charge in [-0.2, -0.15) is 39.1 Å². The molecule has 0 unspecified atom stereocenters. The highest BCUT2D eigenvalue weighted by atomic mass is 127. The van der Waals surface area contributed by atoms with Gasteiger partial charge in [0.15, 0.2) is 0 Å². The van der Waals surface area contributed by atoms with Crippen molar-refractivity contribution >= 4 is 191 Å². The monoisotopic (exact) mass is 2010 g/mol. The number of benzene rings is 12. The molecular formula is C100H90BCl4IN10O19. The summed E-state index contributed by atoms with van der Waals surface area (Å²) in [5.41, 5.74) is 24.2. The lowest BCUT2D eigenvalue weighted by molar-refractivity contribution is 0.0592. The number of esters is 4. The van der Waals surface area contributed by atoms with Crippen molar-refractivity contribution in [1.29, 1.82) is 0 Å². The van der Waals surface area contributed by atoms with Crippen LogP contribution < -0.4 is 16.9 Å². The van der Waals surface area contributed by atoms with Gasteiger partial charge in [-0.15, -0.1) is 0 Å². The average molecular weight is 2020 g/mol. The molecule has 135 heavy (non-hydrogen) atoms. The van der Waals surface area contributed by atoms with Crippen LogP contribution in [0.3, 0.4) is 0 Å². The largest absolute Gasteiger partial charge is 0.488 e. The maximum Gasteiger partial charge on any atom is 0.488 e. The Kier molecular flexibility index (Phi) is 36.1. The second-order valence-electron chi connectivity index (χ2n) is 28.9. The minimum Gasteiger partial charge on any atom is -0.478 e. The zero-order chi connectivity index (χ0) is 94.7. The van der Waals surface area contributed by atoms with Crippen molar-refractivity contribution in [3.8, 4) is 33.8 Å². The Hall–Kier alpha value is -14.7. The molecule has 1 amide bonds. The van der Waals surface area contributed by atoms with Gasteiger partial charge in [-0.3, -0.25) is 24.0 Å². The fraction of sp³-hybridized carbons (Fsp3) is 0.130. The van der Waals surface area contributed by atoms with Gasteiger partial charge < -0.3 is 50.7 Å². The number of primary amides is 1. The normalized spacial score (nSPS) is 10.4. The number of carbonyl (C=O) groups excluding carboxylic acids is 9. The molecule has 35 heteroatoms. The molecule has 0 aliphatic heterocycles. The number of aryl methyl sites for hydroxylation is 4. The van der Waals surface area contributed by atoms with Crippen molar-refractivity contribution in [1.82, 2.24) is 39.1 Å². The molecule has 0 saturated heterocycles. The van der Waals surface area contributed by atoms with Gasteiger partial charge in [-0.1, -0.05) is 185 Å². The van der Waals surface area contributed by atoms with Crippen molar-refractivity contribution in [2.24, 2.45) is 11.5 Å². The van der Waals surface area contributed by atoms with Crippen LogP contribution in [0.5, 0.6) is 0 Å². The van der Waals surface area contributed by atoms with E-state index in [1.165, 1.54) is 102 Å². The number of hydrogen-bond acceptors (Lipinski definition) is 22. The van der Waals surface area contributed by atoms with Crippen LogP contribution in [-0.2, 0) is 25.5 Å². The number of amides is 1. The van der Waals surface area contributed by atoms with Crippen LogP contribution in [0.15, 0.2) is 243 Å². The third-order valence-electron chi connectivity index (χ3n) is 20.6. The number of carbonyl (C=O) groups is 11. The van der Waals surface area contributed by atoms with Gasteiger partial charge in [-0.25, -0.2) is 28.8 Å². The van der Waals surface area contributed by atoms with Gasteiger partial charge in [0.2, 0.25) is 5.91 Å². The van der Waals surface area contributed by atoms with Crippen molar-refractivity contribution in [3.05, 3.63) is 355 Å². The van der Waals surface area contributed by atoms with Gasteiger partial charge >= 0.3 is 42.9 Å². The van der Waals surface area contributed by atoms with E-state index >= 15 is 0 Å². The van der Waals surface area contributed by atoms with E-state index in [4.69, 9.17) is 87.2 Å². The molecular weight excluding hydrogens is 1920 g/mol. The van der Waals surface area contributed by atoms with Crippen molar-refractivity contribution in [2.45, 2.75) is 63.9 Å². The summed E-state index contributed by atoms with van der Waals surface area (Å²) in [5, 5.41) is 58.0. The number of rotatable bonds is 16. The molecule has 0 bridgehead atoms. The standard InChI is InChI=1S/C24H18ClN3O4.C24H20ClN3O3.C24H17ClN2O5.C16H10ClIN2O3.C8H9BO4.4CH4/c1-13-4-3-5-18(25)20(13)23(30)28-19-12-16(22(26)29)10-11-17(19)21(27-28)14-6-8-15(9-7-14)24(31)32-2;1-14-4-3-5-19(25)21(14)23(29)28-20-12-15(13-26)6-11-18(20)22(27-28)16-7-9-17(10-8-16)24(30)31-2;1-13-4-3-5-18(25)20(13)22(28)27-19-12-16(23(29)30)10-11-17(19)21(26-27)14-6-8-15(9-7-14)24(31)32-2;1-8-3-2-4-11(17)13(8)15(21)20-12-7-9(16(22)23)5-6-10(12)14(18)19-20;1-13-8(10)6-2-4-7(5-3-6)9(11)12;;;;/h3-12H,1-2H3,(H2,26,29);3-12H,13,26H2,1-2H3;3-12H,1-2H3,(H,29,30);2-7H,1H3,(H,22,23);2-5,11-12H,1H3;4*1H4. The average Bonchev–Trinajstić information content (AvgIpc) is 1.62. The highest BCUT2D eigenvalue weighted by molar-refractivity contribution is 14.1. The van der Waals surface area contributed by atoms with Crippen molar-refractivity contribution in [2.75, 3.05) is 28.4 Å². The number of halogens is 5. The van der Waals surface area contributed by atoms with Crippen LogP contribution in [0.1, 0.15) is 171 Å². The zero-order valence-electron chi connectivity index (χ0n) is 70.4. The summed E-state index contributed by atoms with van der Waals surface area (Å²) in [6.07, 6.45) is 0. The minimum atomic E-state index is -1.51. The predicted octanol–water partition coefficient (Wildman–Crippen LogP) is 19.4. The molecule has 4 aromatic heterocycles. The molecule has 0 radical (unpaired) electrons. The van der Waals surface area contributed by atoms with Crippen molar-refractivity contribution < 1.29 is 91.9 Å². The molecule has 0 aliphatic carbocycles. The first-order chi connectivity index (χ1) is 62.6. The zero-order valence-corrected chi connectivity index (χ0v) is 75.6. The lowest BCUT2D eigenvalue weighted by Gasteiger charge is -2.08. The summed E-state index contributed by atoms with van der Waals surface area (Å²) in [5.74, 6) is -6.20. The molecule has 16 rings (SSSR count). The summed E-state index contributed by atoms with van der Waals surface area (Å²) < 4.78 is 24.3. The number of aromatic nitrogens is 8. The fourth-order valence-corrected chi connectivity index (χ4v) is 15.7. The smallest absolute Gasteiger partial charge is 0.478 e. The lowest BCUT2D eigenvalue weighted by atomic mass is 9.80. The van der Waals surface area contributed by atoms with E-state index in [2.05, 4.69) is 25.1 Å². The van der Waals surface area contributed by atoms with E-state index in [0.717, 1.165) is 27.6 Å². The number of carboxylic acids is 2. The van der Waals surface area contributed by atoms with Gasteiger partial charge in [0.05, 0.1) is 126 Å². The second-order valence-corrected chi connectivity index (χ2v) is 31.5. The third-order valence-corrected chi connectivity index (χ3v) is 22.7. The molecule has 29 nitrogen and oxygen atoms in total. The van der Waals surface area contributed by atoms with Crippen LogP contribution in [-0.4, -0.2) is 160 Å². The number of nitrogens with two attached hydrogens (primary N) is 2. The summed E-state index contributed by atoms with van der Waals surface area (Å²) in [6.45, 7) is 7.51. The number of carboxylic acid groups (broad SMARTS) is 2. The SMILES string of the molecule is C.C.C.C.COC(=O)c1ccc(-c2nn(C(=O)c3c(C)cccc3Cl)c3cc(C(=O)O)ccc23)cc1.COC(=O)c1ccc(-c2nn(C(=O)c3c(C)cccc3Cl)c3cc(C(N)=O)ccc23)cc1.COC(=O)c1ccc(-c2nn(C(=O)c3c(C)cccc3Cl)c3cc(CN)ccc23)cc1.COC(=O)c1ccc(B(O)O)cc1.Cc1cccc(Cl)c1C(=O)n1nc(I)c2ccc(C(=O)O)cc21. The topological polar surface area (TPSA) is 429 Å². The molecule has 0 atom stereocenters. The van der Waals surface area contributed by atoms with E-state index < -0.39 is 60.7 Å². The molecule has 16 aromatic rings. The van der Waals surface area contributed by atoms with Crippen LogP contribution in [0.4, 0.5) is 0 Å². The molecule has 8 N–H and O–H groups in total. The third kappa shape index (κ3) is 23.0. The maximum atomic E-state index is 13.5. The summed E-state index contributed by atoms with van der Waals surface area (Å²) in [7, 11) is 3.73. The number of ether oxygens (including phenoxy) is 4. The molecule has 12 aromatic carbocycles. The van der Waals surface area contributed by atoms with E-state index in [1.54, 1.807) is 185 Å². The Balaban J connectivity index is 0.000000211. The molecule has 4 heterocycles. The second kappa shape index (κ2) is 46.1. The predicted molar refractivity (Wildman–Crippen MR) is 531 cm³/mol. The molecule has 692 valence electrons. The fourth-order valence-electron chi connectivity index (χ4n) is 13.9. The molecule has 0 aliphatic rings. The number of aromatic carboxylic acids is 2. The van der Waals surface area contributed by atoms with Gasteiger partial charge in [0.1, 0.15) is 20.8 Å². The van der Waals surface area contributed by atoms with E-state index in [9.17, 15) is 57.8 Å². The minimum absolute atomic E-state index is 0. The Morgan fingerprint density at radius 1 is 0.348 bits per heavy atom. The first kappa shape index (κ1) is 106. The van der Waals surface area contributed by atoms with Crippen LogP contribution in [0.2, 0.25) is 20.1 Å². The lowest BCUT2D eigenvalue weighted by Crippen LogP contribution is -2.29. The highest BCUT2D eigenvalue weighted by Crippen LogP contribution is 2.37. The number of nitrogens with zero attached hydrogens (tertiary/aromatic N) is 8. The quantitative estimate of drug-likeness (QED) is 0.0226. The van der Waals surface area contributed by atoms with E-state index in [1.807, 2.05) is 53.8 Å². The first-order valence-electron chi connectivity index (χ1n) is 39.1. The maximum absolute atomic E-state index is 13.5. The number of hydrogen-bond donors (Lipinski definition) is 6. The summed E-state index contributed by atoms with van der Waals surface area (Å²) >= 11 is 27.1. The van der Waals surface area contributed by atoms with Crippen LogP contribution in [0, 0.1) is 31.4 Å². The summed E-state index contributed by atoms with van der Waals surface area (Å²) in [6, 6.07) is 66.3.